The number of rotatable bonds is 6. The van der Waals surface area contributed by atoms with Gasteiger partial charge in [0.05, 0.1) is 12.9 Å². The molecule has 120 valence electrons. The standard InChI is InChI=1S/C15H16N4O4/c20-14(17-4-3-11-6-16-8-19-11)7-18-15(21)10-1-2-12-13(5-10)23-9-22-12/h1-2,5-6,8H,3-4,7,9H2,(H,16,19)(H,17,20)(H,18,21). The minimum Gasteiger partial charge on any atom is -0.454 e. The summed E-state index contributed by atoms with van der Waals surface area (Å²) < 4.78 is 10.4. The zero-order valence-corrected chi connectivity index (χ0v) is 12.3. The van der Waals surface area contributed by atoms with Crippen LogP contribution in [0.2, 0.25) is 0 Å². The molecule has 0 fully saturated rings. The van der Waals surface area contributed by atoms with E-state index >= 15 is 0 Å². The van der Waals surface area contributed by atoms with Crippen LogP contribution in [0.25, 0.3) is 0 Å². The van der Waals surface area contributed by atoms with Crippen molar-refractivity contribution in [3.63, 3.8) is 0 Å². The fourth-order valence-electron chi connectivity index (χ4n) is 2.12. The van der Waals surface area contributed by atoms with Gasteiger partial charge in [0.25, 0.3) is 5.91 Å². The molecule has 0 saturated carbocycles. The summed E-state index contributed by atoms with van der Waals surface area (Å²) in [6, 6.07) is 4.88. The van der Waals surface area contributed by atoms with Crippen molar-refractivity contribution >= 4 is 11.8 Å². The molecule has 0 bridgehead atoms. The van der Waals surface area contributed by atoms with E-state index in [0.717, 1.165) is 5.69 Å². The normalized spacial score (nSPS) is 12.0. The lowest BCUT2D eigenvalue weighted by molar-refractivity contribution is -0.120. The Morgan fingerprint density at radius 1 is 1.22 bits per heavy atom. The average molecular weight is 316 g/mol. The van der Waals surface area contributed by atoms with Gasteiger partial charge in [-0.25, -0.2) is 4.98 Å². The van der Waals surface area contributed by atoms with Crippen LogP contribution in [-0.2, 0) is 11.2 Å². The first-order valence-corrected chi connectivity index (χ1v) is 7.14. The number of imidazole rings is 1. The van der Waals surface area contributed by atoms with Crippen LogP contribution in [0.5, 0.6) is 11.5 Å². The predicted octanol–water partition coefficient (Wildman–Crippen LogP) is 0.227. The number of fused-ring (bicyclic) bond motifs is 1. The van der Waals surface area contributed by atoms with Gasteiger partial charge in [-0.2, -0.15) is 0 Å². The van der Waals surface area contributed by atoms with Crippen LogP contribution < -0.4 is 20.1 Å². The summed E-state index contributed by atoms with van der Waals surface area (Å²) >= 11 is 0. The van der Waals surface area contributed by atoms with E-state index in [1.165, 1.54) is 0 Å². The second-order valence-corrected chi connectivity index (χ2v) is 4.93. The highest BCUT2D eigenvalue weighted by Gasteiger charge is 2.16. The summed E-state index contributed by atoms with van der Waals surface area (Å²) in [4.78, 5) is 30.5. The van der Waals surface area contributed by atoms with Gasteiger partial charge in [0, 0.05) is 30.4 Å². The Balaban J connectivity index is 1.42. The summed E-state index contributed by atoms with van der Waals surface area (Å²) in [5.74, 6) is 0.547. The monoisotopic (exact) mass is 316 g/mol. The van der Waals surface area contributed by atoms with Crippen molar-refractivity contribution in [2.45, 2.75) is 6.42 Å². The van der Waals surface area contributed by atoms with E-state index in [1.807, 2.05) is 0 Å². The van der Waals surface area contributed by atoms with Crippen molar-refractivity contribution in [3.8, 4) is 11.5 Å². The zero-order chi connectivity index (χ0) is 16.1. The number of amides is 2. The van der Waals surface area contributed by atoms with Crippen LogP contribution in [0, 0.1) is 0 Å². The van der Waals surface area contributed by atoms with E-state index in [4.69, 9.17) is 9.47 Å². The minimum absolute atomic E-state index is 0.0871. The summed E-state index contributed by atoms with van der Waals surface area (Å²) in [5.41, 5.74) is 1.36. The number of hydrogen-bond acceptors (Lipinski definition) is 5. The SMILES string of the molecule is O=C(CNC(=O)c1ccc2c(c1)OCO2)NCCc1cnc[nH]1. The molecule has 2 aromatic rings. The molecular weight excluding hydrogens is 300 g/mol. The number of carbonyl (C=O) groups excluding carboxylic acids is 2. The number of ether oxygens (including phenoxy) is 2. The molecule has 8 nitrogen and oxygen atoms in total. The lowest BCUT2D eigenvalue weighted by Gasteiger charge is -2.07. The highest BCUT2D eigenvalue weighted by Crippen LogP contribution is 2.32. The molecule has 0 spiro atoms. The second kappa shape index (κ2) is 6.82. The van der Waals surface area contributed by atoms with E-state index < -0.39 is 0 Å². The molecule has 2 heterocycles. The first kappa shape index (κ1) is 14.9. The third-order valence-corrected chi connectivity index (χ3v) is 3.32. The summed E-state index contributed by atoms with van der Waals surface area (Å²) in [6.07, 6.45) is 3.94. The summed E-state index contributed by atoms with van der Waals surface area (Å²) in [5, 5.41) is 5.29. The number of aromatic amines is 1. The van der Waals surface area contributed by atoms with Gasteiger partial charge in [0.15, 0.2) is 11.5 Å². The van der Waals surface area contributed by atoms with Crippen molar-refractivity contribution < 1.29 is 19.1 Å². The first-order valence-electron chi connectivity index (χ1n) is 7.14. The van der Waals surface area contributed by atoms with Gasteiger partial charge < -0.3 is 25.1 Å². The van der Waals surface area contributed by atoms with Gasteiger partial charge in [-0.05, 0) is 18.2 Å². The topological polar surface area (TPSA) is 105 Å². The Morgan fingerprint density at radius 3 is 2.91 bits per heavy atom. The average Bonchev–Trinajstić information content (AvgIpc) is 3.23. The highest BCUT2D eigenvalue weighted by molar-refractivity contribution is 5.97. The quantitative estimate of drug-likeness (QED) is 0.707. The molecular formula is C15H16N4O4. The second-order valence-electron chi connectivity index (χ2n) is 4.93. The molecule has 1 aliphatic rings. The van der Waals surface area contributed by atoms with Crippen molar-refractivity contribution in [2.75, 3.05) is 19.9 Å². The van der Waals surface area contributed by atoms with Gasteiger partial charge in [-0.3, -0.25) is 9.59 Å². The van der Waals surface area contributed by atoms with Crippen molar-refractivity contribution in [1.29, 1.82) is 0 Å². The van der Waals surface area contributed by atoms with Crippen LogP contribution in [0.3, 0.4) is 0 Å². The molecule has 1 aliphatic heterocycles. The molecule has 2 amide bonds. The van der Waals surface area contributed by atoms with E-state index in [2.05, 4.69) is 20.6 Å². The summed E-state index contributed by atoms with van der Waals surface area (Å²) in [6.45, 7) is 0.538. The van der Waals surface area contributed by atoms with Crippen molar-refractivity contribution in [1.82, 2.24) is 20.6 Å². The molecule has 0 radical (unpaired) electrons. The lowest BCUT2D eigenvalue weighted by atomic mass is 10.2. The highest BCUT2D eigenvalue weighted by atomic mass is 16.7. The maximum Gasteiger partial charge on any atom is 0.251 e. The summed E-state index contributed by atoms with van der Waals surface area (Å²) in [7, 11) is 0. The largest absolute Gasteiger partial charge is 0.454 e. The van der Waals surface area contributed by atoms with Gasteiger partial charge in [-0.15, -0.1) is 0 Å². The van der Waals surface area contributed by atoms with E-state index in [0.29, 0.717) is 30.0 Å². The molecule has 0 aliphatic carbocycles. The van der Waals surface area contributed by atoms with Crippen LogP contribution >= 0.6 is 0 Å². The Hall–Kier alpha value is -3.03. The molecule has 0 atom stereocenters. The van der Waals surface area contributed by atoms with Crippen LogP contribution in [-0.4, -0.2) is 41.7 Å². The first-order chi connectivity index (χ1) is 11.2. The van der Waals surface area contributed by atoms with Crippen molar-refractivity contribution in [3.05, 3.63) is 42.0 Å². The number of benzene rings is 1. The third-order valence-electron chi connectivity index (χ3n) is 3.32. The van der Waals surface area contributed by atoms with Gasteiger partial charge in [-0.1, -0.05) is 0 Å². The van der Waals surface area contributed by atoms with Crippen LogP contribution in [0.1, 0.15) is 16.1 Å². The number of H-pyrrole nitrogens is 1. The number of nitrogens with zero attached hydrogens (tertiary/aromatic N) is 1. The van der Waals surface area contributed by atoms with E-state index in [1.54, 1.807) is 30.7 Å². The molecule has 23 heavy (non-hydrogen) atoms. The number of nitrogens with one attached hydrogen (secondary N) is 3. The molecule has 3 N–H and O–H groups in total. The smallest absolute Gasteiger partial charge is 0.251 e. The van der Waals surface area contributed by atoms with Crippen LogP contribution in [0.4, 0.5) is 0 Å². The number of hydrogen-bond donors (Lipinski definition) is 3. The van der Waals surface area contributed by atoms with Crippen molar-refractivity contribution in [2.24, 2.45) is 0 Å². The Labute approximate surface area is 132 Å². The zero-order valence-electron chi connectivity index (χ0n) is 12.3. The fourth-order valence-corrected chi connectivity index (χ4v) is 2.12. The van der Waals surface area contributed by atoms with Crippen LogP contribution in [0.15, 0.2) is 30.7 Å². The third kappa shape index (κ3) is 3.79. The van der Waals surface area contributed by atoms with Gasteiger partial charge in [0.2, 0.25) is 12.7 Å². The predicted molar refractivity (Wildman–Crippen MR) is 80.2 cm³/mol. The lowest BCUT2D eigenvalue weighted by Crippen LogP contribution is -2.37. The fraction of sp³-hybridized carbons (Fsp3) is 0.267. The number of aromatic nitrogens is 2. The molecule has 0 saturated heterocycles. The molecule has 0 unspecified atom stereocenters. The molecule has 8 heteroatoms. The minimum atomic E-state index is -0.341. The maximum atomic E-state index is 12.0. The van der Waals surface area contributed by atoms with E-state index in [-0.39, 0.29) is 25.2 Å². The Bertz CT molecular complexity index is 700. The molecule has 1 aromatic heterocycles. The maximum absolute atomic E-state index is 12.0. The number of carbonyl (C=O) groups is 2. The Kier molecular flexibility index (Phi) is 4.41. The van der Waals surface area contributed by atoms with E-state index in [9.17, 15) is 9.59 Å². The Morgan fingerprint density at radius 2 is 2.09 bits per heavy atom. The van der Waals surface area contributed by atoms with Gasteiger partial charge >= 0.3 is 0 Å². The van der Waals surface area contributed by atoms with Gasteiger partial charge in [0.1, 0.15) is 0 Å². The molecule has 3 rings (SSSR count). The molecule has 1 aromatic carbocycles.